The largest absolute Gasteiger partial charge is 0.395 e. The average molecular weight is 597 g/mol. The van der Waals surface area contributed by atoms with Crippen molar-refractivity contribution < 1.29 is 14.6 Å². The van der Waals surface area contributed by atoms with Crippen LogP contribution in [0, 0.1) is 35.5 Å². The summed E-state index contributed by atoms with van der Waals surface area (Å²) in [6, 6.07) is 0.639. The highest BCUT2D eigenvalue weighted by molar-refractivity contribution is 5.87. The number of aliphatic hydroxyl groups excluding tert-OH is 1. The molecule has 4 heterocycles. The monoisotopic (exact) mass is 596 g/mol. The van der Waals surface area contributed by atoms with Crippen molar-refractivity contribution in [3.63, 3.8) is 0 Å². The maximum absolute atomic E-state index is 12.0. The summed E-state index contributed by atoms with van der Waals surface area (Å²) in [4.78, 5) is 18.9. The van der Waals surface area contributed by atoms with Crippen LogP contribution in [0.1, 0.15) is 77.6 Å². The number of nitrogens with one attached hydrogen (secondary N) is 2. The third-order valence-electron chi connectivity index (χ3n) is 11.7. The number of carbonyl (C=O) groups is 1. The van der Waals surface area contributed by atoms with Crippen LogP contribution in [0.25, 0.3) is 0 Å². The molecule has 240 valence electrons. The van der Waals surface area contributed by atoms with E-state index in [0.29, 0.717) is 42.7 Å². The minimum absolute atomic E-state index is 0.0157. The van der Waals surface area contributed by atoms with Crippen LogP contribution in [0.5, 0.6) is 0 Å². The number of hydrogen-bond acceptors (Lipinski definition) is 8. The van der Waals surface area contributed by atoms with Crippen LogP contribution in [0.2, 0.25) is 0 Å². The summed E-state index contributed by atoms with van der Waals surface area (Å²) >= 11 is 0. The minimum atomic E-state index is -0.0781. The summed E-state index contributed by atoms with van der Waals surface area (Å²) in [6.07, 6.45) is 15.5. The molecule has 4 saturated heterocycles. The van der Waals surface area contributed by atoms with Crippen LogP contribution < -0.4 is 16.4 Å². The van der Waals surface area contributed by atoms with Crippen molar-refractivity contribution in [2.24, 2.45) is 29.4 Å². The topological polar surface area (TPSA) is 106 Å². The molecule has 6 atom stereocenters. The van der Waals surface area contributed by atoms with E-state index in [1.807, 2.05) is 4.90 Å². The lowest BCUT2D eigenvalue weighted by Crippen LogP contribution is -2.64. The third-order valence-corrected chi connectivity index (χ3v) is 11.7. The highest BCUT2D eigenvalue weighted by Crippen LogP contribution is 2.47. The van der Waals surface area contributed by atoms with Crippen LogP contribution in [0.4, 0.5) is 0 Å². The smallest absolute Gasteiger partial charge is 0.245 e. The van der Waals surface area contributed by atoms with Gasteiger partial charge in [-0.1, -0.05) is 37.7 Å². The van der Waals surface area contributed by atoms with Crippen LogP contribution in [-0.2, 0) is 9.53 Å². The molecule has 0 aromatic carbocycles. The zero-order valence-corrected chi connectivity index (χ0v) is 26.3. The Labute approximate surface area is 259 Å². The van der Waals surface area contributed by atoms with Gasteiger partial charge in [0.1, 0.15) is 0 Å². The van der Waals surface area contributed by atoms with E-state index in [1.165, 1.54) is 51.0 Å². The molecule has 43 heavy (non-hydrogen) atoms. The number of likely N-dealkylation sites (tertiary alicyclic amines) is 3. The fourth-order valence-electron chi connectivity index (χ4n) is 9.24. The lowest BCUT2D eigenvalue weighted by atomic mass is 9.70. The van der Waals surface area contributed by atoms with Gasteiger partial charge in [0.05, 0.1) is 37.2 Å². The molecule has 6 unspecified atom stereocenters. The second kappa shape index (κ2) is 14.3. The lowest BCUT2D eigenvalue weighted by Gasteiger charge is -2.45. The Morgan fingerprint density at radius 1 is 1.00 bits per heavy atom. The summed E-state index contributed by atoms with van der Waals surface area (Å²) < 4.78 is 6.61. The van der Waals surface area contributed by atoms with Gasteiger partial charge in [-0.3, -0.25) is 25.2 Å². The van der Waals surface area contributed by atoms with Gasteiger partial charge >= 0.3 is 0 Å². The van der Waals surface area contributed by atoms with Gasteiger partial charge < -0.3 is 20.5 Å². The molecule has 0 aromatic rings. The standard InChI is InChI=1S/C34H56N6O3/c1-3-30(42)38-17-15-26(16-18-38)39-19-24(20-39)9-14-29-31(32-33(35)36-22-37-34(32)40(29)23(2)21-41)25-10-12-28(13-11-25)43-27-7-5-4-6-8-27/h3,23-29,31-34,36-37,41H,1,4-8,10-13,15-22,35H2,2H3. The Morgan fingerprint density at radius 3 is 2.37 bits per heavy atom. The summed E-state index contributed by atoms with van der Waals surface area (Å²) in [6.45, 7) is 10.2. The van der Waals surface area contributed by atoms with E-state index in [4.69, 9.17) is 10.5 Å². The van der Waals surface area contributed by atoms with E-state index < -0.39 is 0 Å². The highest BCUT2D eigenvalue weighted by Gasteiger charge is 2.55. The van der Waals surface area contributed by atoms with Gasteiger partial charge in [-0.2, -0.15) is 0 Å². The van der Waals surface area contributed by atoms with Crippen LogP contribution >= 0.6 is 0 Å². The molecule has 4 aliphatic heterocycles. The van der Waals surface area contributed by atoms with Gasteiger partial charge in [-0.15, -0.1) is 0 Å². The van der Waals surface area contributed by atoms with Gasteiger partial charge in [0.25, 0.3) is 0 Å². The number of fused-ring (bicyclic) bond motifs is 1. The van der Waals surface area contributed by atoms with Crippen molar-refractivity contribution in [1.29, 1.82) is 0 Å². The molecule has 2 saturated carbocycles. The molecule has 5 N–H and O–H groups in total. The first kappa shape index (κ1) is 31.5. The van der Waals surface area contributed by atoms with E-state index >= 15 is 0 Å². The molecule has 6 aliphatic rings. The van der Waals surface area contributed by atoms with E-state index in [-0.39, 0.29) is 42.8 Å². The number of rotatable bonds is 7. The Morgan fingerprint density at radius 2 is 1.70 bits per heavy atom. The number of nitrogens with two attached hydrogens (primary N) is 1. The molecule has 9 heteroatoms. The maximum atomic E-state index is 12.0. The van der Waals surface area contributed by atoms with E-state index in [2.05, 4.69) is 45.8 Å². The number of carbonyl (C=O) groups excluding carboxylic acids is 1. The Hall–Kier alpha value is -1.51. The Balaban J connectivity index is 1.12. The number of aliphatic hydroxyl groups is 1. The SMILES string of the molecule is C=CC(=O)N1CCC(N2CC(C#CC3C(C4CCC(OC5CCCCC5)CC4)C4C(N)NCNC4N3C(C)CO)C2)CC1. The van der Waals surface area contributed by atoms with Crippen molar-refractivity contribution in [3.8, 4) is 11.8 Å². The third kappa shape index (κ3) is 6.86. The van der Waals surface area contributed by atoms with Crippen LogP contribution in [0.15, 0.2) is 12.7 Å². The number of ether oxygens (including phenoxy) is 1. The van der Waals surface area contributed by atoms with Crippen molar-refractivity contribution in [2.75, 3.05) is 39.5 Å². The number of hydrogen-bond donors (Lipinski definition) is 4. The van der Waals surface area contributed by atoms with Gasteiger partial charge in [0, 0.05) is 56.8 Å². The molecule has 0 bridgehead atoms. The van der Waals surface area contributed by atoms with Gasteiger partial charge in [0.2, 0.25) is 5.91 Å². The van der Waals surface area contributed by atoms with Crippen molar-refractivity contribution in [1.82, 2.24) is 25.3 Å². The summed E-state index contributed by atoms with van der Waals surface area (Å²) in [5.41, 5.74) is 6.82. The number of amides is 1. The fourth-order valence-corrected chi connectivity index (χ4v) is 9.24. The van der Waals surface area contributed by atoms with Crippen molar-refractivity contribution >= 4 is 5.91 Å². The summed E-state index contributed by atoms with van der Waals surface area (Å²) in [7, 11) is 0. The molecule has 9 nitrogen and oxygen atoms in total. The molecule has 2 aliphatic carbocycles. The van der Waals surface area contributed by atoms with E-state index in [1.54, 1.807) is 0 Å². The second-order valence-electron chi connectivity index (χ2n) is 14.3. The molecule has 6 fully saturated rings. The highest BCUT2D eigenvalue weighted by atomic mass is 16.5. The molecule has 0 spiro atoms. The Bertz CT molecular complexity index is 1000. The zero-order chi connectivity index (χ0) is 29.9. The normalized spacial score (nSPS) is 37.7. The first-order valence-electron chi connectivity index (χ1n) is 17.4. The van der Waals surface area contributed by atoms with Gasteiger partial charge in [-0.25, -0.2) is 0 Å². The van der Waals surface area contributed by atoms with Gasteiger partial charge in [0.15, 0.2) is 0 Å². The predicted octanol–water partition coefficient (Wildman–Crippen LogP) is 2.07. The lowest BCUT2D eigenvalue weighted by molar-refractivity contribution is -0.127. The van der Waals surface area contributed by atoms with Crippen LogP contribution in [-0.4, -0.2) is 108 Å². The molecule has 1 amide bonds. The van der Waals surface area contributed by atoms with E-state index in [9.17, 15) is 9.90 Å². The van der Waals surface area contributed by atoms with Crippen LogP contribution in [0.3, 0.4) is 0 Å². The van der Waals surface area contributed by atoms with E-state index in [0.717, 1.165) is 51.9 Å². The number of piperidine rings is 1. The molecule has 6 rings (SSSR count). The molecule has 0 aromatic heterocycles. The first-order valence-corrected chi connectivity index (χ1v) is 17.4. The fraction of sp³-hybridized carbons (Fsp3) is 0.853. The quantitative estimate of drug-likeness (QED) is 0.262. The maximum Gasteiger partial charge on any atom is 0.245 e. The van der Waals surface area contributed by atoms with Gasteiger partial charge in [-0.05, 0) is 76.2 Å². The molecule has 0 radical (unpaired) electrons. The van der Waals surface area contributed by atoms with Crippen molar-refractivity contribution in [2.45, 2.75) is 120 Å². The van der Waals surface area contributed by atoms with Crippen molar-refractivity contribution in [3.05, 3.63) is 12.7 Å². The summed E-state index contributed by atoms with van der Waals surface area (Å²) in [5.74, 6) is 9.15. The minimum Gasteiger partial charge on any atom is -0.395 e. The predicted molar refractivity (Wildman–Crippen MR) is 168 cm³/mol. The first-order chi connectivity index (χ1) is 21.0. The Kier molecular flexibility index (Phi) is 10.5. The molecular formula is C34H56N6O3. The second-order valence-corrected chi connectivity index (χ2v) is 14.3. The number of nitrogens with zero attached hydrogens (tertiary/aromatic N) is 3. The molecular weight excluding hydrogens is 540 g/mol. The zero-order valence-electron chi connectivity index (χ0n) is 26.3. The summed E-state index contributed by atoms with van der Waals surface area (Å²) in [5, 5.41) is 17.5. The average Bonchev–Trinajstić information content (AvgIpc) is 3.36.